The van der Waals surface area contributed by atoms with E-state index in [0.717, 1.165) is 10.4 Å². The van der Waals surface area contributed by atoms with Crippen molar-refractivity contribution in [2.45, 2.75) is 33.7 Å². The molecule has 1 atom stereocenters. The fourth-order valence-electron chi connectivity index (χ4n) is 1.76. The van der Waals surface area contributed by atoms with Gasteiger partial charge in [-0.1, -0.05) is 62.4 Å². The molecule has 0 aliphatic carbocycles. The Morgan fingerprint density at radius 3 is 2.48 bits per heavy atom. The third-order valence-electron chi connectivity index (χ3n) is 3.54. The van der Waals surface area contributed by atoms with Gasteiger partial charge in [0.2, 0.25) is 0 Å². The Balaban J connectivity index is 2.31. The number of benzene rings is 1. The van der Waals surface area contributed by atoms with E-state index in [9.17, 15) is 4.79 Å². The second kappa shape index (κ2) is 5.85. The van der Waals surface area contributed by atoms with Crippen molar-refractivity contribution < 1.29 is 4.79 Å². The number of thiazole rings is 1. The van der Waals surface area contributed by atoms with Crippen LogP contribution >= 0.6 is 11.3 Å². The van der Waals surface area contributed by atoms with Crippen LogP contribution in [0, 0.1) is 5.41 Å². The maximum absolute atomic E-state index is 12.5. The van der Waals surface area contributed by atoms with E-state index in [1.807, 2.05) is 37.3 Å². The van der Waals surface area contributed by atoms with E-state index in [1.54, 1.807) is 0 Å². The Morgan fingerprint density at radius 1 is 1.29 bits per heavy atom. The van der Waals surface area contributed by atoms with Crippen molar-refractivity contribution in [1.82, 2.24) is 10.3 Å². The zero-order valence-electron chi connectivity index (χ0n) is 12.8. The van der Waals surface area contributed by atoms with Crippen LogP contribution in [0.5, 0.6) is 0 Å². The highest BCUT2D eigenvalue weighted by molar-refractivity contribution is 7.19. The smallest absolute Gasteiger partial charge is 0.271 e. The van der Waals surface area contributed by atoms with Gasteiger partial charge in [-0.25, -0.2) is 4.98 Å². The molecule has 0 radical (unpaired) electrons. The van der Waals surface area contributed by atoms with Crippen LogP contribution in [0.2, 0.25) is 0 Å². The van der Waals surface area contributed by atoms with Crippen molar-refractivity contribution in [3.8, 4) is 10.4 Å². The molecule has 21 heavy (non-hydrogen) atoms. The van der Waals surface area contributed by atoms with Crippen LogP contribution in [0.1, 0.15) is 38.2 Å². The van der Waals surface area contributed by atoms with Gasteiger partial charge in [-0.15, -0.1) is 0 Å². The highest BCUT2D eigenvalue weighted by Crippen LogP contribution is 2.32. The first-order valence-electron chi connectivity index (χ1n) is 6.91. The first kappa shape index (κ1) is 15.5. The van der Waals surface area contributed by atoms with Gasteiger partial charge in [-0.05, 0) is 17.9 Å². The molecule has 1 aromatic heterocycles. The molecule has 4 nitrogen and oxygen atoms in total. The highest BCUT2D eigenvalue weighted by Gasteiger charge is 2.25. The summed E-state index contributed by atoms with van der Waals surface area (Å²) in [5.74, 6) is -0.177. The quantitative estimate of drug-likeness (QED) is 0.911. The van der Waals surface area contributed by atoms with E-state index in [4.69, 9.17) is 5.73 Å². The minimum absolute atomic E-state index is 0.00979. The monoisotopic (exact) mass is 303 g/mol. The minimum Gasteiger partial charge on any atom is -0.375 e. The second-order valence-corrected chi connectivity index (χ2v) is 7.19. The van der Waals surface area contributed by atoms with Crippen molar-refractivity contribution >= 4 is 22.4 Å². The van der Waals surface area contributed by atoms with E-state index in [2.05, 4.69) is 31.1 Å². The molecule has 1 aromatic carbocycles. The van der Waals surface area contributed by atoms with Crippen LogP contribution in [0.4, 0.5) is 5.13 Å². The van der Waals surface area contributed by atoms with E-state index >= 15 is 0 Å². The van der Waals surface area contributed by atoms with Gasteiger partial charge in [0.05, 0.1) is 4.88 Å². The summed E-state index contributed by atoms with van der Waals surface area (Å²) >= 11 is 1.34. The molecule has 3 N–H and O–H groups in total. The van der Waals surface area contributed by atoms with E-state index < -0.39 is 0 Å². The topological polar surface area (TPSA) is 68.0 Å². The summed E-state index contributed by atoms with van der Waals surface area (Å²) < 4.78 is 0. The Morgan fingerprint density at radius 2 is 1.90 bits per heavy atom. The predicted molar refractivity (Wildman–Crippen MR) is 88.3 cm³/mol. The number of nitrogens with two attached hydrogens (primary N) is 1. The molecule has 0 saturated carbocycles. The van der Waals surface area contributed by atoms with Crippen LogP contribution in [-0.4, -0.2) is 16.9 Å². The fourth-order valence-corrected chi connectivity index (χ4v) is 2.59. The van der Waals surface area contributed by atoms with Gasteiger partial charge in [-0.3, -0.25) is 4.79 Å². The summed E-state index contributed by atoms with van der Waals surface area (Å²) in [6.07, 6.45) is 0. The maximum atomic E-state index is 12.5. The number of nitrogens with zero attached hydrogens (tertiary/aromatic N) is 1. The molecule has 1 amide bonds. The van der Waals surface area contributed by atoms with Crippen LogP contribution in [0.3, 0.4) is 0 Å². The third-order valence-corrected chi connectivity index (χ3v) is 4.47. The summed E-state index contributed by atoms with van der Waals surface area (Å²) in [6.45, 7) is 8.26. The number of carbonyl (C=O) groups excluding carboxylic acids is 1. The SMILES string of the molecule is CC(NC(=O)c1nc(N)sc1-c1ccccc1)C(C)(C)C. The summed E-state index contributed by atoms with van der Waals surface area (Å²) in [5.41, 5.74) is 7.15. The van der Waals surface area contributed by atoms with Crippen LogP contribution < -0.4 is 11.1 Å². The Labute approximate surface area is 129 Å². The summed E-state index contributed by atoms with van der Waals surface area (Å²) in [7, 11) is 0. The molecule has 2 rings (SSSR count). The van der Waals surface area contributed by atoms with Gasteiger partial charge in [-0.2, -0.15) is 0 Å². The highest BCUT2D eigenvalue weighted by atomic mass is 32.1. The minimum atomic E-state index is -0.177. The summed E-state index contributed by atoms with van der Waals surface area (Å²) in [5, 5.41) is 3.41. The van der Waals surface area contributed by atoms with Gasteiger partial charge in [0, 0.05) is 6.04 Å². The lowest BCUT2D eigenvalue weighted by molar-refractivity contribution is 0.0906. The zero-order chi connectivity index (χ0) is 15.6. The molecule has 1 unspecified atom stereocenters. The Bertz CT molecular complexity index is 629. The number of hydrogen-bond acceptors (Lipinski definition) is 4. The van der Waals surface area contributed by atoms with Crippen molar-refractivity contribution in [1.29, 1.82) is 0 Å². The third kappa shape index (κ3) is 3.61. The van der Waals surface area contributed by atoms with Gasteiger partial charge in [0.15, 0.2) is 5.13 Å². The molecule has 112 valence electrons. The van der Waals surface area contributed by atoms with Crippen molar-refractivity contribution in [3.63, 3.8) is 0 Å². The molecule has 0 fully saturated rings. The molecule has 5 heteroatoms. The van der Waals surface area contributed by atoms with E-state index in [0.29, 0.717) is 10.8 Å². The Hall–Kier alpha value is -1.88. The zero-order valence-corrected chi connectivity index (χ0v) is 13.6. The first-order valence-corrected chi connectivity index (χ1v) is 7.73. The van der Waals surface area contributed by atoms with Crippen LogP contribution in [-0.2, 0) is 0 Å². The molecular formula is C16H21N3OS. The van der Waals surface area contributed by atoms with E-state index in [1.165, 1.54) is 11.3 Å². The number of aromatic nitrogens is 1. The first-order chi connectivity index (χ1) is 9.79. The maximum Gasteiger partial charge on any atom is 0.271 e. The average Bonchev–Trinajstić information content (AvgIpc) is 2.81. The normalized spacial score (nSPS) is 13.0. The predicted octanol–water partition coefficient (Wildman–Crippen LogP) is 3.56. The molecule has 0 spiro atoms. The molecule has 0 bridgehead atoms. The largest absolute Gasteiger partial charge is 0.375 e. The summed E-state index contributed by atoms with van der Waals surface area (Å²) in [4.78, 5) is 17.5. The fraction of sp³-hybridized carbons (Fsp3) is 0.375. The average molecular weight is 303 g/mol. The van der Waals surface area contributed by atoms with Crippen LogP contribution in [0.25, 0.3) is 10.4 Å². The Kier molecular flexibility index (Phi) is 4.32. The number of nitrogens with one attached hydrogen (secondary N) is 1. The lowest BCUT2D eigenvalue weighted by Gasteiger charge is -2.27. The van der Waals surface area contributed by atoms with Crippen molar-refractivity contribution in [2.75, 3.05) is 5.73 Å². The number of hydrogen-bond donors (Lipinski definition) is 2. The van der Waals surface area contributed by atoms with Gasteiger partial charge < -0.3 is 11.1 Å². The lowest BCUT2D eigenvalue weighted by atomic mass is 9.88. The van der Waals surface area contributed by atoms with Crippen molar-refractivity contribution in [3.05, 3.63) is 36.0 Å². The second-order valence-electron chi connectivity index (χ2n) is 6.16. The molecule has 2 aromatic rings. The van der Waals surface area contributed by atoms with Crippen molar-refractivity contribution in [2.24, 2.45) is 5.41 Å². The number of anilines is 1. The van der Waals surface area contributed by atoms with Gasteiger partial charge in [0.1, 0.15) is 5.69 Å². The van der Waals surface area contributed by atoms with E-state index in [-0.39, 0.29) is 17.4 Å². The number of nitrogen functional groups attached to an aromatic ring is 1. The lowest BCUT2D eigenvalue weighted by Crippen LogP contribution is -2.41. The number of carbonyl (C=O) groups is 1. The molecule has 0 aliphatic heterocycles. The van der Waals surface area contributed by atoms with Gasteiger partial charge in [0.25, 0.3) is 5.91 Å². The molecule has 0 saturated heterocycles. The number of amides is 1. The standard InChI is InChI=1S/C16H21N3OS/c1-10(16(2,3)4)18-14(20)12-13(21-15(17)19-12)11-8-6-5-7-9-11/h5-10H,1-4H3,(H2,17,19)(H,18,20). The molecule has 1 heterocycles. The summed E-state index contributed by atoms with van der Waals surface area (Å²) in [6, 6.07) is 9.76. The van der Waals surface area contributed by atoms with Gasteiger partial charge >= 0.3 is 0 Å². The number of rotatable bonds is 3. The van der Waals surface area contributed by atoms with Crippen LogP contribution in [0.15, 0.2) is 30.3 Å². The molecule has 0 aliphatic rings. The molecular weight excluding hydrogens is 282 g/mol.